The molecule has 3 nitrogen and oxygen atoms in total. The number of pyridine rings is 1. The highest BCUT2D eigenvalue weighted by Gasteiger charge is 2.33. The van der Waals surface area contributed by atoms with Crippen LogP contribution in [0, 0.1) is 0 Å². The molecule has 5 heteroatoms. The van der Waals surface area contributed by atoms with Crippen molar-refractivity contribution >= 4 is 11.6 Å². The molecule has 0 aliphatic carbocycles. The highest BCUT2D eigenvalue weighted by atomic mass is 19.3. The number of carbonyl (C=O) groups excluding carboxylic acids is 1. The first-order valence-electron chi connectivity index (χ1n) is 7.28. The second-order valence-electron chi connectivity index (χ2n) is 5.65. The summed E-state index contributed by atoms with van der Waals surface area (Å²) in [7, 11) is 0. The molecule has 1 aliphatic rings. The van der Waals surface area contributed by atoms with Crippen molar-refractivity contribution in [3.05, 3.63) is 72.1 Å². The van der Waals surface area contributed by atoms with Gasteiger partial charge in [-0.15, -0.1) is 0 Å². The quantitative estimate of drug-likeness (QED) is 0.806. The lowest BCUT2D eigenvalue weighted by Gasteiger charge is -2.17. The van der Waals surface area contributed by atoms with Crippen LogP contribution in [0.3, 0.4) is 0 Å². The van der Waals surface area contributed by atoms with Crippen molar-refractivity contribution < 1.29 is 13.6 Å². The molecule has 0 N–H and O–H groups in total. The van der Waals surface area contributed by atoms with Gasteiger partial charge in [-0.2, -0.15) is 0 Å². The lowest BCUT2D eigenvalue weighted by atomic mass is 9.92. The van der Waals surface area contributed by atoms with Crippen molar-refractivity contribution in [2.75, 3.05) is 11.4 Å². The Kier molecular flexibility index (Phi) is 3.72. The highest BCUT2D eigenvalue weighted by Crippen LogP contribution is 2.40. The number of halogens is 2. The molecule has 0 radical (unpaired) electrons. The lowest BCUT2D eigenvalue weighted by Crippen LogP contribution is -2.28. The summed E-state index contributed by atoms with van der Waals surface area (Å²) < 4.78 is 27.2. The summed E-state index contributed by atoms with van der Waals surface area (Å²) >= 11 is 0. The van der Waals surface area contributed by atoms with Gasteiger partial charge in [0.05, 0.1) is 5.69 Å². The van der Waals surface area contributed by atoms with Gasteiger partial charge in [0.15, 0.2) is 0 Å². The number of amides is 1. The van der Waals surface area contributed by atoms with Crippen LogP contribution in [0.4, 0.5) is 14.5 Å². The van der Waals surface area contributed by atoms with Gasteiger partial charge in [0.2, 0.25) is 5.91 Å². The van der Waals surface area contributed by atoms with E-state index in [-0.39, 0.29) is 17.4 Å². The monoisotopic (exact) mass is 314 g/mol. The Hall–Kier alpha value is -2.56. The second kappa shape index (κ2) is 5.57. The first-order chi connectivity index (χ1) is 10.9. The number of nitrogens with zero attached hydrogens (tertiary/aromatic N) is 2. The summed E-state index contributed by atoms with van der Waals surface area (Å²) in [6.45, 7) is 4.79. The normalized spacial score (nSPS) is 17.0. The fraction of sp³-hybridized carbons (Fsp3) is 0.222. The predicted octanol–water partition coefficient (Wildman–Crippen LogP) is 3.86. The maximum atomic E-state index is 13.6. The summed E-state index contributed by atoms with van der Waals surface area (Å²) in [5.41, 5.74) is 2.33. The molecule has 0 saturated carbocycles. The smallest absolute Gasteiger partial charge is 0.270 e. The molecule has 1 aliphatic heterocycles. The Morgan fingerprint density at radius 1 is 1.43 bits per heavy atom. The molecule has 1 unspecified atom stereocenters. The molecule has 1 aromatic heterocycles. The van der Waals surface area contributed by atoms with Gasteiger partial charge >= 0.3 is 0 Å². The fourth-order valence-corrected chi connectivity index (χ4v) is 2.93. The average Bonchev–Trinajstić information content (AvgIpc) is 2.93. The molecule has 1 aromatic carbocycles. The van der Waals surface area contributed by atoms with Crippen molar-refractivity contribution in [3.8, 4) is 0 Å². The Balaban J connectivity index is 2.05. The Labute approximate surface area is 133 Å². The molecular formula is C18H16F2N2O. The molecule has 23 heavy (non-hydrogen) atoms. The van der Waals surface area contributed by atoms with Gasteiger partial charge in [-0.25, -0.2) is 8.78 Å². The molecule has 1 amide bonds. The minimum Gasteiger partial charge on any atom is -0.308 e. The Morgan fingerprint density at radius 2 is 2.22 bits per heavy atom. The first kappa shape index (κ1) is 15.3. The van der Waals surface area contributed by atoms with Gasteiger partial charge in [0, 0.05) is 42.9 Å². The van der Waals surface area contributed by atoms with Crippen molar-refractivity contribution in [1.29, 1.82) is 0 Å². The number of rotatable bonds is 3. The molecule has 1 atom stereocenters. The van der Waals surface area contributed by atoms with E-state index in [1.807, 2.05) is 0 Å². The molecule has 3 rings (SSSR count). The van der Waals surface area contributed by atoms with Crippen LogP contribution in [-0.2, 0) is 10.7 Å². The summed E-state index contributed by atoms with van der Waals surface area (Å²) in [6.07, 6.45) is 4.55. The van der Waals surface area contributed by atoms with Crippen LogP contribution in [-0.4, -0.2) is 17.4 Å². The van der Waals surface area contributed by atoms with E-state index in [0.717, 1.165) is 23.7 Å². The summed E-state index contributed by atoms with van der Waals surface area (Å²) in [5, 5.41) is 0. The third-order valence-electron chi connectivity index (χ3n) is 4.10. The number of fused-ring (bicyclic) bond motifs is 1. The van der Waals surface area contributed by atoms with Crippen LogP contribution < -0.4 is 4.90 Å². The zero-order valence-corrected chi connectivity index (χ0v) is 12.7. The highest BCUT2D eigenvalue weighted by molar-refractivity contribution is 6.03. The summed E-state index contributed by atoms with van der Waals surface area (Å²) in [6, 6.07) is 8.10. The van der Waals surface area contributed by atoms with Crippen LogP contribution in [0.5, 0.6) is 0 Å². The molecule has 0 spiro atoms. The molecule has 2 heterocycles. The second-order valence-corrected chi connectivity index (χ2v) is 5.65. The molecule has 2 aromatic rings. The van der Waals surface area contributed by atoms with Gasteiger partial charge in [0.1, 0.15) is 0 Å². The van der Waals surface area contributed by atoms with E-state index in [1.54, 1.807) is 35.5 Å². The van der Waals surface area contributed by atoms with Gasteiger partial charge < -0.3 is 4.90 Å². The summed E-state index contributed by atoms with van der Waals surface area (Å²) in [5.74, 6) is -3.29. The van der Waals surface area contributed by atoms with Crippen molar-refractivity contribution in [3.63, 3.8) is 0 Å². The van der Waals surface area contributed by atoms with Crippen LogP contribution in [0.2, 0.25) is 0 Å². The molecule has 0 bridgehead atoms. The largest absolute Gasteiger partial charge is 0.308 e. The van der Waals surface area contributed by atoms with E-state index < -0.39 is 5.92 Å². The minimum absolute atomic E-state index is 0.0334. The topological polar surface area (TPSA) is 33.2 Å². The fourth-order valence-electron chi connectivity index (χ4n) is 2.93. The Morgan fingerprint density at radius 3 is 2.91 bits per heavy atom. The third kappa shape index (κ3) is 2.74. The van der Waals surface area contributed by atoms with Gasteiger partial charge in [0.25, 0.3) is 5.92 Å². The van der Waals surface area contributed by atoms with E-state index >= 15 is 0 Å². The van der Waals surface area contributed by atoms with E-state index in [1.165, 1.54) is 18.2 Å². The van der Waals surface area contributed by atoms with E-state index in [0.29, 0.717) is 6.54 Å². The standard InChI is InChI=1S/C18H16F2N2O/c1-3-17(23)22-11-15(14-10-21-8-7-16(14)22)12-5-4-6-13(9-12)18(2,19)20/h3-10,15H,1,11H2,2H3. The molecular weight excluding hydrogens is 298 g/mol. The number of hydrogen-bond acceptors (Lipinski definition) is 2. The molecule has 0 fully saturated rings. The Bertz CT molecular complexity index is 768. The van der Waals surface area contributed by atoms with E-state index in [2.05, 4.69) is 11.6 Å². The number of hydrogen-bond donors (Lipinski definition) is 0. The number of aromatic nitrogens is 1. The van der Waals surface area contributed by atoms with Crippen molar-refractivity contribution in [2.45, 2.75) is 18.8 Å². The van der Waals surface area contributed by atoms with Crippen molar-refractivity contribution in [2.24, 2.45) is 0 Å². The van der Waals surface area contributed by atoms with E-state index in [9.17, 15) is 13.6 Å². The molecule has 118 valence electrons. The zero-order chi connectivity index (χ0) is 16.6. The van der Waals surface area contributed by atoms with Crippen LogP contribution in [0.1, 0.15) is 29.5 Å². The SMILES string of the molecule is C=CC(=O)N1CC(c2cccc(C(C)(F)F)c2)c2cnccc21. The zero-order valence-electron chi connectivity index (χ0n) is 12.7. The maximum Gasteiger partial charge on any atom is 0.270 e. The van der Waals surface area contributed by atoms with Gasteiger partial charge in [-0.1, -0.05) is 24.8 Å². The average molecular weight is 314 g/mol. The number of benzene rings is 1. The maximum absolute atomic E-state index is 13.6. The minimum atomic E-state index is -2.90. The van der Waals surface area contributed by atoms with E-state index in [4.69, 9.17) is 0 Å². The third-order valence-corrected chi connectivity index (χ3v) is 4.10. The first-order valence-corrected chi connectivity index (χ1v) is 7.28. The van der Waals surface area contributed by atoms with Gasteiger partial charge in [-0.3, -0.25) is 9.78 Å². The summed E-state index contributed by atoms with van der Waals surface area (Å²) in [4.78, 5) is 17.8. The van der Waals surface area contributed by atoms with Crippen LogP contribution >= 0.6 is 0 Å². The lowest BCUT2D eigenvalue weighted by molar-refractivity contribution is -0.114. The molecule has 0 saturated heterocycles. The number of alkyl halides is 2. The number of anilines is 1. The van der Waals surface area contributed by atoms with Gasteiger partial charge in [-0.05, 0) is 23.8 Å². The number of carbonyl (C=O) groups is 1. The predicted molar refractivity (Wildman–Crippen MR) is 84.6 cm³/mol. The van der Waals surface area contributed by atoms with Crippen LogP contribution in [0.15, 0.2) is 55.4 Å². The van der Waals surface area contributed by atoms with Crippen LogP contribution in [0.25, 0.3) is 0 Å². The van der Waals surface area contributed by atoms with Crippen molar-refractivity contribution in [1.82, 2.24) is 4.98 Å².